The highest BCUT2D eigenvalue weighted by Crippen LogP contribution is 2.29. The van der Waals surface area contributed by atoms with Crippen LogP contribution in [-0.2, 0) is 4.79 Å². The Bertz CT molecular complexity index is 495. The third-order valence-corrected chi connectivity index (χ3v) is 2.86. The molecule has 0 aromatic carbocycles. The molecule has 0 unspecified atom stereocenters. The van der Waals surface area contributed by atoms with Crippen molar-refractivity contribution in [2.75, 3.05) is 11.1 Å². The molecule has 1 heterocycles. The van der Waals surface area contributed by atoms with Crippen molar-refractivity contribution in [3.05, 3.63) is 30.1 Å². The Hall–Kier alpha value is -0.970. The van der Waals surface area contributed by atoms with Crippen LogP contribution in [0.2, 0.25) is 0 Å². The summed E-state index contributed by atoms with van der Waals surface area (Å²) < 4.78 is -1.97. The van der Waals surface area contributed by atoms with E-state index in [1.165, 1.54) is 6.08 Å². The predicted octanol–water partition coefficient (Wildman–Crippen LogP) is 3.55. The van der Waals surface area contributed by atoms with E-state index in [-0.39, 0.29) is 5.92 Å². The molecule has 7 heteroatoms. The zero-order chi connectivity index (χ0) is 14.6. The number of nitrogens with one attached hydrogen (secondary N) is 1. The first-order valence-corrected chi connectivity index (χ1v) is 6.65. The van der Waals surface area contributed by atoms with E-state index < -0.39 is 9.58 Å². The number of nitrogen functional groups attached to an aromatic ring is 1. The minimum atomic E-state index is -1.97. The second-order valence-electron chi connectivity index (χ2n) is 4.18. The van der Waals surface area contributed by atoms with Gasteiger partial charge in [-0.05, 0) is 18.1 Å². The van der Waals surface area contributed by atoms with Gasteiger partial charge in [0.25, 0.3) is 3.79 Å². The molecule has 1 aromatic heterocycles. The quantitative estimate of drug-likeness (QED) is 0.657. The molecule has 0 atom stereocenters. The maximum Gasteiger partial charge on any atom is 0.252 e. The van der Waals surface area contributed by atoms with Gasteiger partial charge >= 0.3 is 0 Å². The number of pyridine rings is 1. The molecule has 0 spiro atoms. The van der Waals surface area contributed by atoms with Crippen LogP contribution in [0.4, 0.5) is 11.5 Å². The second kappa shape index (κ2) is 6.46. The Morgan fingerprint density at radius 2 is 2.11 bits per heavy atom. The van der Waals surface area contributed by atoms with Crippen molar-refractivity contribution in [1.82, 2.24) is 4.98 Å². The van der Waals surface area contributed by atoms with E-state index in [1.54, 1.807) is 18.3 Å². The average molecular weight is 323 g/mol. The first-order chi connectivity index (χ1) is 8.71. The summed E-state index contributed by atoms with van der Waals surface area (Å²) in [4.78, 5) is 15.6. The van der Waals surface area contributed by atoms with E-state index in [0.717, 1.165) is 0 Å². The van der Waals surface area contributed by atoms with Crippen LogP contribution < -0.4 is 11.1 Å². The summed E-state index contributed by atoms with van der Waals surface area (Å²) in [5.74, 6) is -0.262. The normalized spacial score (nSPS) is 12.6. The van der Waals surface area contributed by atoms with E-state index in [0.29, 0.717) is 17.2 Å². The first kappa shape index (κ1) is 16.1. The largest absolute Gasteiger partial charge is 0.382 e. The predicted molar refractivity (Wildman–Crippen MR) is 80.5 cm³/mol. The van der Waals surface area contributed by atoms with Crippen molar-refractivity contribution >= 4 is 52.1 Å². The number of allylic oxidation sites excluding steroid dienone is 2. The Kier molecular flexibility index (Phi) is 5.47. The minimum Gasteiger partial charge on any atom is -0.382 e. The molecular weight excluding hydrogens is 309 g/mol. The molecule has 1 aromatic rings. The van der Waals surface area contributed by atoms with Crippen LogP contribution in [0, 0.1) is 5.92 Å². The van der Waals surface area contributed by atoms with Gasteiger partial charge in [0.1, 0.15) is 5.82 Å². The number of carbonyl (C=O) groups is 1. The highest BCUT2D eigenvalue weighted by molar-refractivity contribution is 6.77. The van der Waals surface area contributed by atoms with E-state index in [1.807, 2.05) is 13.8 Å². The van der Waals surface area contributed by atoms with Crippen LogP contribution in [0.5, 0.6) is 0 Å². The van der Waals surface area contributed by atoms with E-state index in [9.17, 15) is 4.79 Å². The summed E-state index contributed by atoms with van der Waals surface area (Å²) in [6, 6.07) is 3.48. The Balaban J connectivity index is 3.01. The number of hydrogen-bond donors (Lipinski definition) is 2. The molecule has 0 saturated heterocycles. The molecule has 0 aliphatic carbocycles. The second-order valence-corrected chi connectivity index (χ2v) is 6.46. The molecule has 0 saturated carbocycles. The maximum absolute atomic E-state index is 11.7. The zero-order valence-corrected chi connectivity index (χ0v) is 12.7. The molecule has 0 radical (unpaired) electrons. The van der Waals surface area contributed by atoms with Crippen molar-refractivity contribution in [2.24, 2.45) is 5.92 Å². The molecular formula is C12H14Cl3N3O. The molecule has 0 fully saturated rings. The molecule has 4 nitrogen and oxygen atoms in total. The Morgan fingerprint density at radius 1 is 1.47 bits per heavy atom. The highest BCUT2D eigenvalue weighted by atomic mass is 35.6. The fourth-order valence-electron chi connectivity index (χ4n) is 1.25. The number of alkyl halides is 3. The molecule has 3 N–H and O–H groups in total. The average Bonchev–Trinajstić information content (AvgIpc) is 2.29. The van der Waals surface area contributed by atoms with Gasteiger partial charge in [-0.2, -0.15) is 0 Å². The molecule has 0 bridgehead atoms. The first-order valence-electron chi connectivity index (χ1n) is 5.52. The Labute approximate surface area is 126 Å². The number of anilines is 2. The van der Waals surface area contributed by atoms with Crippen molar-refractivity contribution in [2.45, 2.75) is 17.6 Å². The molecule has 1 rings (SSSR count). The summed E-state index contributed by atoms with van der Waals surface area (Å²) >= 11 is 16.6. The number of aromatic nitrogens is 1. The van der Waals surface area contributed by atoms with Gasteiger partial charge in [-0.1, -0.05) is 48.7 Å². The van der Waals surface area contributed by atoms with Crippen LogP contribution in [-0.4, -0.2) is 14.6 Å². The van der Waals surface area contributed by atoms with Gasteiger partial charge in [-0.3, -0.25) is 4.79 Å². The summed E-state index contributed by atoms with van der Waals surface area (Å²) in [6.07, 6.45) is 2.84. The molecule has 0 aliphatic rings. The molecule has 0 aliphatic heterocycles. The summed E-state index contributed by atoms with van der Waals surface area (Å²) in [7, 11) is 0. The van der Waals surface area contributed by atoms with Gasteiger partial charge in [0.05, 0.1) is 5.69 Å². The summed E-state index contributed by atoms with van der Waals surface area (Å²) in [6.45, 7) is 3.80. The van der Waals surface area contributed by atoms with Crippen molar-refractivity contribution in [1.29, 1.82) is 0 Å². The van der Waals surface area contributed by atoms with Crippen LogP contribution in [0.3, 0.4) is 0 Å². The van der Waals surface area contributed by atoms with Gasteiger partial charge in [0.15, 0.2) is 0 Å². The van der Waals surface area contributed by atoms with Gasteiger partial charge < -0.3 is 11.1 Å². The number of hydrogen-bond acceptors (Lipinski definition) is 4. The van der Waals surface area contributed by atoms with E-state index >= 15 is 0 Å². The van der Waals surface area contributed by atoms with Crippen molar-refractivity contribution < 1.29 is 4.79 Å². The highest BCUT2D eigenvalue weighted by Gasteiger charge is 2.29. The van der Waals surface area contributed by atoms with E-state index in [4.69, 9.17) is 40.5 Å². The SMILES string of the molecule is CC(C)/C(=C\C(=O)C(Cl)(Cl)Cl)Nc1cccnc1N. The topological polar surface area (TPSA) is 68.0 Å². The van der Waals surface area contributed by atoms with Gasteiger partial charge in [0.2, 0.25) is 5.78 Å². The monoisotopic (exact) mass is 321 g/mol. The van der Waals surface area contributed by atoms with Gasteiger partial charge in [-0.25, -0.2) is 4.98 Å². The summed E-state index contributed by atoms with van der Waals surface area (Å²) in [5, 5.41) is 3.03. The fourth-order valence-corrected chi connectivity index (χ4v) is 1.41. The lowest BCUT2D eigenvalue weighted by molar-refractivity contribution is -0.113. The van der Waals surface area contributed by atoms with Crippen LogP contribution >= 0.6 is 34.8 Å². The number of nitrogens with two attached hydrogens (primary N) is 1. The van der Waals surface area contributed by atoms with Crippen molar-refractivity contribution in [3.63, 3.8) is 0 Å². The minimum absolute atomic E-state index is 0.0240. The number of rotatable bonds is 4. The number of carbonyl (C=O) groups excluding carboxylic acids is 1. The molecule has 19 heavy (non-hydrogen) atoms. The lowest BCUT2D eigenvalue weighted by Gasteiger charge is -2.16. The van der Waals surface area contributed by atoms with Crippen molar-refractivity contribution in [3.8, 4) is 0 Å². The van der Waals surface area contributed by atoms with Crippen LogP contribution in [0.15, 0.2) is 30.1 Å². The van der Waals surface area contributed by atoms with Crippen LogP contribution in [0.25, 0.3) is 0 Å². The third-order valence-electron chi connectivity index (χ3n) is 2.31. The third kappa shape index (κ3) is 4.90. The number of ketones is 1. The maximum atomic E-state index is 11.7. The lowest BCUT2D eigenvalue weighted by Crippen LogP contribution is -2.19. The van der Waals surface area contributed by atoms with Gasteiger partial charge in [0, 0.05) is 18.0 Å². The Morgan fingerprint density at radius 3 is 2.58 bits per heavy atom. The van der Waals surface area contributed by atoms with Crippen LogP contribution in [0.1, 0.15) is 13.8 Å². The standard InChI is InChI=1S/C12H14Cl3N3O/c1-7(2)9(6-10(19)12(13,14)15)18-8-4-3-5-17-11(8)16/h3-7,18H,1-2H3,(H2,16,17)/b9-6+. The number of nitrogens with zero attached hydrogens (tertiary/aromatic N) is 1. The smallest absolute Gasteiger partial charge is 0.252 e. The summed E-state index contributed by atoms with van der Waals surface area (Å²) in [5.41, 5.74) is 6.91. The van der Waals surface area contributed by atoms with Gasteiger partial charge in [-0.15, -0.1) is 0 Å². The fraction of sp³-hybridized carbons (Fsp3) is 0.333. The molecule has 104 valence electrons. The lowest BCUT2D eigenvalue weighted by atomic mass is 10.1. The molecule has 0 amide bonds. The number of halogens is 3. The zero-order valence-electron chi connectivity index (χ0n) is 10.5. The van der Waals surface area contributed by atoms with E-state index in [2.05, 4.69) is 10.3 Å².